The van der Waals surface area contributed by atoms with Crippen molar-refractivity contribution >= 4 is 6.29 Å². The summed E-state index contributed by atoms with van der Waals surface area (Å²) in [7, 11) is 3.00. The number of carbonyl (C=O) groups excluding carboxylic acids is 1. The lowest BCUT2D eigenvalue weighted by molar-refractivity contribution is -0.210. The fourth-order valence-corrected chi connectivity index (χ4v) is 0.941. The van der Waals surface area contributed by atoms with E-state index in [0.717, 1.165) is 0 Å². The maximum atomic E-state index is 10.5. The molecule has 0 rings (SSSR count). The van der Waals surface area contributed by atoms with Crippen molar-refractivity contribution in [3.8, 4) is 0 Å². The number of hydrogen-bond acceptors (Lipinski definition) is 7. The third-order valence-corrected chi connectivity index (χ3v) is 1.73. The van der Waals surface area contributed by atoms with Crippen molar-refractivity contribution in [3.63, 3.8) is 0 Å². The third-order valence-electron chi connectivity index (χ3n) is 1.73. The van der Waals surface area contributed by atoms with Gasteiger partial charge in [-0.3, -0.25) is 4.84 Å². The molecule has 0 aromatic rings. The van der Waals surface area contributed by atoms with Crippen LogP contribution in [0.1, 0.15) is 0 Å². The van der Waals surface area contributed by atoms with Crippen LogP contribution in [0.15, 0.2) is 0 Å². The molecule has 0 unspecified atom stereocenters. The molecule has 0 bridgehead atoms. The summed E-state index contributed by atoms with van der Waals surface area (Å²) < 4.78 is 0. The molecule has 0 heterocycles. The van der Waals surface area contributed by atoms with E-state index in [1.165, 1.54) is 19.2 Å². The predicted molar refractivity (Wildman–Crippen MR) is 49.7 cm³/mol. The molecule has 7 heteroatoms. The normalized spacial score (nSPS) is 19.7. The van der Waals surface area contributed by atoms with Gasteiger partial charge in [-0.05, 0) is 0 Å². The molecule has 7 nitrogen and oxygen atoms in total. The maximum absolute atomic E-state index is 10.5. The Morgan fingerprint density at radius 2 is 1.80 bits per heavy atom. The number of aliphatic hydroxyl groups is 4. The molecule has 0 amide bonds. The van der Waals surface area contributed by atoms with Gasteiger partial charge in [-0.25, -0.2) is 0 Å². The summed E-state index contributed by atoms with van der Waals surface area (Å²) in [5, 5.41) is 37.4. The van der Waals surface area contributed by atoms with E-state index >= 15 is 0 Å². The van der Waals surface area contributed by atoms with E-state index in [9.17, 15) is 15.0 Å². The lowest BCUT2D eigenvalue weighted by Gasteiger charge is -2.27. The molecule has 90 valence electrons. The number of aldehydes is 1. The van der Waals surface area contributed by atoms with Crippen LogP contribution in [0.2, 0.25) is 0 Å². The molecular formula is C8H17NO6. The van der Waals surface area contributed by atoms with E-state index in [0.29, 0.717) is 6.29 Å². The molecule has 4 atom stereocenters. The van der Waals surface area contributed by atoms with Crippen LogP contribution >= 0.6 is 0 Å². The zero-order valence-electron chi connectivity index (χ0n) is 8.65. The maximum Gasteiger partial charge on any atom is 0.163 e. The van der Waals surface area contributed by atoms with Gasteiger partial charge in [-0.2, -0.15) is 5.06 Å². The lowest BCUT2D eigenvalue weighted by Crippen LogP contribution is -2.48. The second-order valence-electron chi connectivity index (χ2n) is 3.25. The van der Waals surface area contributed by atoms with Crippen molar-refractivity contribution in [2.24, 2.45) is 0 Å². The highest BCUT2D eigenvalue weighted by atomic mass is 16.7. The van der Waals surface area contributed by atoms with Gasteiger partial charge in [0.25, 0.3) is 0 Å². The number of carbonyl (C=O) groups is 1. The van der Waals surface area contributed by atoms with Gasteiger partial charge in [0.15, 0.2) is 12.4 Å². The molecule has 0 spiro atoms. The van der Waals surface area contributed by atoms with Gasteiger partial charge in [0, 0.05) is 14.1 Å². The van der Waals surface area contributed by atoms with Crippen LogP contribution in [0, 0.1) is 0 Å². The Labute approximate surface area is 87.5 Å². The lowest BCUT2D eigenvalue weighted by atomic mass is 10.0. The van der Waals surface area contributed by atoms with E-state index in [1.807, 2.05) is 0 Å². The second kappa shape index (κ2) is 6.83. The van der Waals surface area contributed by atoms with E-state index in [1.54, 1.807) is 0 Å². The molecular weight excluding hydrogens is 206 g/mol. The zero-order chi connectivity index (χ0) is 12.0. The first-order valence-electron chi connectivity index (χ1n) is 4.38. The minimum atomic E-state index is -1.65. The topological polar surface area (TPSA) is 110 Å². The number of rotatable bonds is 7. The Balaban J connectivity index is 4.36. The molecule has 0 aromatic heterocycles. The minimum Gasteiger partial charge on any atom is -0.394 e. The Bertz CT molecular complexity index is 188. The average molecular weight is 223 g/mol. The van der Waals surface area contributed by atoms with Crippen molar-refractivity contribution in [1.82, 2.24) is 5.06 Å². The Morgan fingerprint density at radius 1 is 1.27 bits per heavy atom. The number of hydroxylamine groups is 2. The van der Waals surface area contributed by atoms with Crippen LogP contribution in [0.4, 0.5) is 0 Å². The first-order valence-corrected chi connectivity index (χ1v) is 4.38. The summed E-state index contributed by atoms with van der Waals surface area (Å²) in [4.78, 5) is 15.4. The molecule has 0 aliphatic rings. The third kappa shape index (κ3) is 4.65. The molecule has 4 N–H and O–H groups in total. The van der Waals surface area contributed by atoms with Crippen molar-refractivity contribution in [1.29, 1.82) is 0 Å². The fourth-order valence-electron chi connectivity index (χ4n) is 0.941. The summed E-state index contributed by atoms with van der Waals surface area (Å²) in [5.41, 5.74) is 0. The summed E-state index contributed by atoms with van der Waals surface area (Å²) in [6.07, 6.45) is -5.76. The fraction of sp³-hybridized carbons (Fsp3) is 0.875. The summed E-state index contributed by atoms with van der Waals surface area (Å²) in [6.45, 7) is -0.716. The Hall–Kier alpha value is -0.570. The van der Waals surface area contributed by atoms with E-state index < -0.39 is 31.0 Å². The highest BCUT2D eigenvalue weighted by Gasteiger charge is 2.32. The quantitative estimate of drug-likeness (QED) is 0.271. The molecule has 0 saturated carbocycles. The predicted octanol–water partition coefficient (Wildman–Crippen LogP) is -2.88. The van der Waals surface area contributed by atoms with E-state index in [4.69, 9.17) is 15.1 Å². The van der Waals surface area contributed by atoms with Crippen molar-refractivity contribution in [2.75, 3.05) is 20.7 Å². The van der Waals surface area contributed by atoms with Crippen molar-refractivity contribution < 1.29 is 30.1 Å². The molecule has 0 aromatic carbocycles. The molecule has 15 heavy (non-hydrogen) atoms. The molecule has 0 radical (unpaired) electrons. The summed E-state index contributed by atoms with van der Waals surface area (Å²) in [6, 6.07) is 0. The number of aliphatic hydroxyl groups excluding tert-OH is 4. The largest absolute Gasteiger partial charge is 0.394 e. The Morgan fingerprint density at radius 3 is 2.13 bits per heavy atom. The van der Waals surface area contributed by atoms with Crippen molar-refractivity contribution in [2.45, 2.75) is 24.4 Å². The first-order chi connectivity index (χ1) is 6.93. The average Bonchev–Trinajstić information content (AvgIpc) is 2.22. The zero-order valence-corrected chi connectivity index (χ0v) is 8.65. The van der Waals surface area contributed by atoms with Gasteiger partial charge in [0.2, 0.25) is 0 Å². The van der Waals surface area contributed by atoms with E-state index in [-0.39, 0.29) is 0 Å². The van der Waals surface area contributed by atoms with Crippen LogP contribution < -0.4 is 0 Å². The SMILES string of the molecule is CN(C)O[C@@H](C=O)[C@@H](O)[C@H](O)[C@H](O)CO. The molecule has 0 aliphatic heterocycles. The van der Waals surface area contributed by atoms with Crippen LogP contribution in [0.3, 0.4) is 0 Å². The standard InChI is InChI=1S/C8H17NO6/c1-9(2)15-6(4-11)8(14)7(13)5(12)3-10/h4-8,10,12-14H,3H2,1-2H3/t5-,6+,7-,8-/m1/s1. The highest BCUT2D eigenvalue weighted by Crippen LogP contribution is 2.07. The first kappa shape index (κ1) is 14.4. The Kier molecular flexibility index (Phi) is 6.57. The van der Waals surface area contributed by atoms with Crippen LogP contribution in [-0.4, -0.2) is 76.9 Å². The van der Waals surface area contributed by atoms with Gasteiger partial charge >= 0.3 is 0 Å². The molecule has 0 aliphatic carbocycles. The number of nitrogens with zero attached hydrogens (tertiary/aromatic N) is 1. The molecule has 0 fully saturated rings. The second-order valence-corrected chi connectivity index (χ2v) is 3.25. The smallest absolute Gasteiger partial charge is 0.163 e. The summed E-state index contributed by atoms with van der Waals surface area (Å²) in [5.74, 6) is 0. The molecule has 0 saturated heterocycles. The van der Waals surface area contributed by atoms with Gasteiger partial charge in [0.05, 0.1) is 6.61 Å². The summed E-state index contributed by atoms with van der Waals surface area (Å²) >= 11 is 0. The van der Waals surface area contributed by atoms with Gasteiger partial charge in [-0.1, -0.05) is 0 Å². The van der Waals surface area contributed by atoms with Gasteiger partial charge in [-0.15, -0.1) is 0 Å². The van der Waals surface area contributed by atoms with Gasteiger partial charge in [0.1, 0.15) is 18.3 Å². The van der Waals surface area contributed by atoms with Crippen LogP contribution in [0.25, 0.3) is 0 Å². The van der Waals surface area contributed by atoms with Crippen LogP contribution in [0.5, 0.6) is 0 Å². The highest BCUT2D eigenvalue weighted by molar-refractivity contribution is 5.57. The number of hydrogen-bond donors (Lipinski definition) is 4. The van der Waals surface area contributed by atoms with Crippen molar-refractivity contribution in [3.05, 3.63) is 0 Å². The minimum absolute atomic E-state index is 0.304. The van der Waals surface area contributed by atoms with Crippen LogP contribution in [-0.2, 0) is 9.63 Å². The van der Waals surface area contributed by atoms with E-state index in [2.05, 4.69) is 0 Å². The monoisotopic (exact) mass is 223 g/mol. The van der Waals surface area contributed by atoms with Gasteiger partial charge < -0.3 is 25.2 Å².